The van der Waals surface area contributed by atoms with E-state index in [1.807, 2.05) is 31.2 Å². The number of nitrogens with zero attached hydrogens (tertiary/aromatic N) is 1. The number of hydrogen-bond acceptors (Lipinski definition) is 5. The zero-order valence-corrected chi connectivity index (χ0v) is 18.5. The third-order valence-corrected chi connectivity index (χ3v) is 6.51. The average Bonchev–Trinajstić information content (AvgIpc) is 2.67. The standard InChI is InChI=1S/C19H23BrN2O5S/c1-13(14-5-7-15(20)8-6-14)21-19(23)12-22(2)28(24,25)16-9-10-17(26-3)18(11-16)27-4/h5-11,13H,12H2,1-4H3,(H,21,23)/t13-/m1/s1. The second-order valence-electron chi connectivity index (χ2n) is 6.12. The van der Waals surface area contributed by atoms with Crippen molar-refractivity contribution >= 4 is 31.9 Å². The van der Waals surface area contributed by atoms with E-state index in [0.29, 0.717) is 11.5 Å². The van der Waals surface area contributed by atoms with E-state index in [4.69, 9.17) is 9.47 Å². The topological polar surface area (TPSA) is 84.9 Å². The van der Waals surface area contributed by atoms with Gasteiger partial charge in [0.15, 0.2) is 11.5 Å². The lowest BCUT2D eigenvalue weighted by molar-refractivity contribution is -0.121. The van der Waals surface area contributed by atoms with Gasteiger partial charge in [0.1, 0.15) is 0 Å². The first-order chi connectivity index (χ1) is 13.2. The molecule has 2 aromatic rings. The van der Waals surface area contributed by atoms with Gasteiger partial charge in [-0.2, -0.15) is 4.31 Å². The molecule has 0 saturated carbocycles. The van der Waals surface area contributed by atoms with Crippen LogP contribution in [0.5, 0.6) is 11.5 Å². The molecule has 0 aliphatic carbocycles. The second kappa shape index (κ2) is 9.40. The van der Waals surface area contributed by atoms with Crippen molar-refractivity contribution in [3.63, 3.8) is 0 Å². The lowest BCUT2D eigenvalue weighted by Crippen LogP contribution is -2.39. The number of benzene rings is 2. The fraction of sp³-hybridized carbons (Fsp3) is 0.316. The van der Waals surface area contributed by atoms with E-state index < -0.39 is 15.9 Å². The number of rotatable bonds is 8. The summed E-state index contributed by atoms with van der Waals surface area (Å²) in [6.45, 7) is 1.53. The lowest BCUT2D eigenvalue weighted by Gasteiger charge is -2.20. The minimum atomic E-state index is -3.87. The molecule has 0 bridgehead atoms. The van der Waals surface area contributed by atoms with Gasteiger partial charge in [-0.1, -0.05) is 28.1 Å². The van der Waals surface area contributed by atoms with Crippen LogP contribution in [-0.4, -0.2) is 46.4 Å². The predicted molar refractivity (Wildman–Crippen MR) is 110 cm³/mol. The summed E-state index contributed by atoms with van der Waals surface area (Å²) in [7, 11) is 0.383. The molecule has 1 amide bonds. The molecule has 0 fully saturated rings. The highest BCUT2D eigenvalue weighted by atomic mass is 79.9. The molecule has 0 spiro atoms. The van der Waals surface area contributed by atoms with Crippen LogP contribution in [0, 0.1) is 0 Å². The molecule has 152 valence electrons. The van der Waals surface area contributed by atoms with Crippen molar-refractivity contribution in [2.75, 3.05) is 27.8 Å². The predicted octanol–water partition coefficient (Wildman–Crippen LogP) is 2.96. The molecule has 7 nitrogen and oxygen atoms in total. The SMILES string of the molecule is COc1ccc(S(=O)(=O)N(C)CC(=O)N[C@H](C)c2ccc(Br)cc2)cc1OC. The van der Waals surface area contributed by atoms with E-state index >= 15 is 0 Å². The molecule has 2 rings (SSSR count). The zero-order chi connectivity index (χ0) is 20.9. The number of amides is 1. The van der Waals surface area contributed by atoms with Gasteiger partial charge in [0.25, 0.3) is 0 Å². The molecule has 0 aliphatic heterocycles. The van der Waals surface area contributed by atoms with E-state index in [0.717, 1.165) is 14.3 Å². The first kappa shape index (κ1) is 22.2. The van der Waals surface area contributed by atoms with Crippen LogP contribution in [0.2, 0.25) is 0 Å². The third-order valence-electron chi connectivity index (χ3n) is 4.18. The molecule has 0 radical (unpaired) electrons. The molecular weight excluding hydrogens is 448 g/mol. The summed E-state index contributed by atoms with van der Waals surface area (Å²) in [5.41, 5.74) is 0.918. The van der Waals surface area contributed by atoms with Gasteiger partial charge in [-0.3, -0.25) is 4.79 Å². The van der Waals surface area contributed by atoms with Gasteiger partial charge in [0.05, 0.1) is 31.7 Å². The Kier molecular flexibility index (Phi) is 7.45. The van der Waals surface area contributed by atoms with E-state index in [9.17, 15) is 13.2 Å². The van der Waals surface area contributed by atoms with Crippen LogP contribution in [-0.2, 0) is 14.8 Å². The van der Waals surface area contributed by atoms with Crippen molar-refractivity contribution in [2.24, 2.45) is 0 Å². The van der Waals surface area contributed by atoms with Gasteiger partial charge in [-0.05, 0) is 36.8 Å². The van der Waals surface area contributed by atoms with Crippen LogP contribution in [0.15, 0.2) is 51.8 Å². The van der Waals surface area contributed by atoms with Crippen molar-refractivity contribution < 1.29 is 22.7 Å². The number of methoxy groups -OCH3 is 2. The number of ether oxygens (including phenoxy) is 2. The zero-order valence-electron chi connectivity index (χ0n) is 16.1. The van der Waals surface area contributed by atoms with Gasteiger partial charge < -0.3 is 14.8 Å². The van der Waals surface area contributed by atoms with Gasteiger partial charge in [-0.25, -0.2) is 8.42 Å². The summed E-state index contributed by atoms with van der Waals surface area (Å²) < 4.78 is 37.8. The summed E-state index contributed by atoms with van der Waals surface area (Å²) in [6, 6.07) is 11.6. The second-order valence-corrected chi connectivity index (χ2v) is 9.08. The summed E-state index contributed by atoms with van der Waals surface area (Å²) >= 11 is 3.36. The van der Waals surface area contributed by atoms with E-state index in [-0.39, 0.29) is 17.5 Å². The summed E-state index contributed by atoms with van der Waals surface area (Å²) in [4.78, 5) is 12.3. The average molecular weight is 471 g/mol. The number of nitrogens with one attached hydrogen (secondary N) is 1. The van der Waals surface area contributed by atoms with E-state index in [1.165, 1.54) is 39.5 Å². The Morgan fingerprint density at radius 3 is 2.29 bits per heavy atom. The third kappa shape index (κ3) is 5.24. The molecule has 1 N–H and O–H groups in total. The molecule has 0 saturated heterocycles. The molecule has 1 atom stereocenters. The highest BCUT2D eigenvalue weighted by Crippen LogP contribution is 2.30. The van der Waals surface area contributed by atoms with Crippen LogP contribution in [0.25, 0.3) is 0 Å². The number of hydrogen-bond donors (Lipinski definition) is 1. The Balaban J connectivity index is 2.08. The van der Waals surface area contributed by atoms with E-state index in [1.54, 1.807) is 0 Å². The number of halogens is 1. The van der Waals surface area contributed by atoms with Crippen molar-refractivity contribution in [1.29, 1.82) is 0 Å². The first-order valence-corrected chi connectivity index (χ1v) is 10.7. The monoisotopic (exact) mass is 470 g/mol. The van der Waals surface area contributed by atoms with Crippen LogP contribution >= 0.6 is 15.9 Å². The number of likely N-dealkylation sites (N-methyl/N-ethyl adjacent to an activating group) is 1. The number of carbonyl (C=O) groups excluding carboxylic acids is 1. The van der Waals surface area contributed by atoms with Gasteiger partial charge >= 0.3 is 0 Å². The highest BCUT2D eigenvalue weighted by molar-refractivity contribution is 9.10. The van der Waals surface area contributed by atoms with Crippen molar-refractivity contribution in [1.82, 2.24) is 9.62 Å². The minimum absolute atomic E-state index is 0.0152. The Hall–Kier alpha value is -2.10. The smallest absolute Gasteiger partial charge is 0.243 e. The van der Waals surface area contributed by atoms with Crippen LogP contribution in [0.3, 0.4) is 0 Å². The molecule has 0 aliphatic rings. The van der Waals surface area contributed by atoms with Crippen molar-refractivity contribution in [2.45, 2.75) is 17.9 Å². The van der Waals surface area contributed by atoms with Crippen LogP contribution in [0.1, 0.15) is 18.5 Å². The molecule has 9 heteroatoms. The normalized spacial score (nSPS) is 12.5. The van der Waals surface area contributed by atoms with Gasteiger partial charge in [0.2, 0.25) is 15.9 Å². The maximum Gasteiger partial charge on any atom is 0.243 e. The summed E-state index contributed by atoms with van der Waals surface area (Å²) in [5.74, 6) is 0.317. The van der Waals surface area contributed by atoms with Gasteiger partial charge in [0, 0.05) is 17.6 Å². The maximum atomic E-state index is 12.8. The Bertz CT molecular complexity index is 932. The Morgan fingerprint density at radius 2 is 1.71 bits per heavy atom. The number of carbonyl (C=O) groups is 1. The Morgan fingerprint density at radius 1 is 1.11 bits per heavy atom. The van der Waals surface area contributed by atoms with Crippen molar-refractivity contribution in [3.8, 4) is 11.5 Å². The van der Waals surface area contributed by atoms with Gasteiger partial charge in [-0.15, -0.1) is 0 Å². The number of sulfonamides is 1. The molecule has 28 heavy (non-hydrogen) atoms. The van der Waals surface area contributed by atoms with Crippen molar-refractivity contribution in [3.05, 3.63) is 52.5 Å². The summed E-state index contributed by atoms with van der Waals surface area (Å²) in [5, 5.41) is 2.81. The van der Waals surface area contributed by atoms with E-state index in [2.05, 4.69) is 21.2 Å². The molecule has 0 heterocycles. The van der Waals surface area contributed by atoms with Crippen LogP contribution in [0.4, 0.5) is 0 Å². The minimum Gasteiger partial charge on any atom is -0.493 e. The molecule has 0 aromatic heterocycles. The quantitative estimate of drug-likeness (QED) is 0.640. The summed E-state index contributed by atoms with van der Waals surface area (Å²) in [6.07, 6.45) is 0. The lowest BCUT2D eigenvalue weighted by atomic mass is 10.1. The fourth-order valence-corrected chi connectivity index (χ4v) is 3.97. The molecule has 0 unspecified atom stereocenters. The molecule has 2 aromatic carbocycles. The first-order valence-electron chi connectivity index (χ1n) is 8.42. The fourth-order valence-electron chi connectivity index (χ4n) is 2.57. The maximum absolute atomic E-state index is 12.8. The van der Waals surface area contributed by atoms with Crippen LogP contribution < -0.4 is 14.8 Å². The largest absolute Gasteiger partial charge is 0.493 e. The highest BCUT2D eigenvalue weighted by Gasteiger charge is 2.25. The molecular formula is C19H23BrN2O5S. The Labute approximate surface area is 173 Å².